The Kier molecular flexibility index (Phi) is 36.0. The van der Waals surface area contributed by atoms with Gasteiger partial charge in [-0.2, -0.15) is 0 Å². The van der Waals surface area contributed by atoms with E-state index in [1.165, 1.54) is 19.3 Å². The highest BCUT2D eigenvalue weighted by Gasteiger charge is 2.27. The van der Waals surface area contributed by atoms with Crippen molar-refractivity contribution in [1.29, 1.82) is 0 Å². The third-order valence-electron chi connectivity index (χ3n) is 8.18. The fourth-order valence-corrected chi connectivity index (χ4v) is 5.66. The lowest BCUT2D eigenvalue weighted by atomic mass is 10.1. The van der Waals surface area contributed by atoms with E-state index in [0.29, 0.717) is 30.3 Å². The molecule has 0 amide bonds. The first kappa shape index (κ1) is 53.7. The Morgan fingerprint density at radius 2 is 1.05 bits per heavy atom. The number of hydrogen-bond donors (Lipinski definition) is 1. The van der Waals surface area contributed by atoms with Gasteiger partial charge in [-0.25, -0.2) is 4.57 Å². The van der Waals surface area contributed by atoms with Gasteiger partial charge in [0.1, 0.15) is 19.8 Å². The van der Waals surface area contributed by atoms with Crippen molar-refractivity contribution in [1.82, 2.24) is 0 Å². The van der Waals surface area contributed by atoms with Crippen LogP contribution in [0.3, 0.4) is 0 Å². The van der Waals surface area contributed by atoms with Crippen LogP contribution >= 0.6 is 7.82 Å². The van der Waals surface area contributed by atoms with Gasteiger partial charge in [0.2, 0.25) is 0 Å². The number of nitrogens with zero attached hydrogens (tertiary/aromatic N) is 1. The monoisotopic (exact) mass is 815 g/mol. The second kappa shape index (κ2) is 38.2. The average molecular weight is 815 g/mol. The molecule has 322 valence electrons. The number of esters is 2. The van der Waals surface area contributed by atoms with E-state index in [1.807, 2.05) is 75.8 Å². The van der Waals surface area contributed by atoms with Crippen LogP contribution in [0, 0.1) is 0 Å². The summed E-state index contributed by atoms with van der Waals surface area (Å²) < 4.78 is 34.1. The number of unbranched alkanes of at least 4 members (excludes halogenated alkanes) is 8. The first-order valence-corrected chi connectivity index (χ1v) is 22.7. The Hall–Kier alpha value is -3.33. The first-order chi connectivity index (χ1) is 27.5. The fraction of sp³-hybridized carbons (Fsp3) is 0.574. The summed E-state index contributed by atoms with van der Waals surface area (Å²) in [5.41, 5.74) is 0. The van der Waals surface area contributed by atoms with Crippen LogP contribution < -0.4 is 0 Å². The molecule has 0 aromatic rings. The van der Waals surface area contributed by atoms with Crippen molar-refractivity contribution >= 4 is 19.8 Å². The highest BCUT2D eigenvalue weighted by molar-refractivity contribution is 7.47. The minimum atomic E-state index is -4.40. The second-order valence-corrected chi connectivity index (χ2v) is 16.2. The predicted molar refractivity (Wildman–Crippen MR) is 238 cm³/mol. The Labute approximate surface area is 346 Å². The molecular weight excluding hydrogens is 737 g/mol. The molecule has 2 unspecified atom stereocenters. The minimum absolute atomic E-state index is 0.00936. The smallest absolute Gasteiger partial charge is 0.462 e. The number of carbonyl (C=O) groups excluding carboxylic acids is 2. The van der Waals surface area contributed by atoms with E-state index in [0.717, 1.165) is 57.8 Å². The van der Waals surface area contributed by atoms with Crippen LogP contribution in [-0.4, -0.2) is 74.9 Å². The number of allylic oxidation sites excluding steroid dienone is 18. The predicted octanol–water partition coefficient (Wildman–Crippen LogP) is 12.0. The van der Waals surface area contributed by atoms with Crippen molar-refractivity contribution in [2.45, 2.75) is 129 Å². The highest BCUT2D eigenvalue weighted by atomic mass is 31.2. The van der Waals surface area contributed by atoms with E-state index in [4.69, 9.17) is 18.5 Å². The summed E-state index contributed by atoms with van der Waals surface area (Å²) in [5, 5.41) is 0. The Morgan fingerprint density at radius 1 is 0.561 bits per heavy atom. The molecule has 0 aromatic heterocycles. The van der Waals surface area contributed by atoms with Gasteiger partial charge >= 0.3 is 19.8 Å². The Bertz CT molecular complexity index is 1330. The van der Waals surface area contributed by atoms with E-state index in [9.17, 15) is 19.0 Å². The molecule has 0 aliphatic heterocycles. The lowest BCUT2D eigenvalue weighted by molar-refractivity contribution is -0.870. The number of ether oxygens (including phenoxy) is 2. The van der Waals surface area contributed by atoms with Gasteiger partial charge in [-0.1, -0.05) is 155 Å². The Balaban J connectivity index is 4.47. The fourth-order valence-electron chi connectivity index (χ4n) is 4.92. The molecule has 0 aliphatic carbocycles. The lowest BCUT2D eigenvalue weighted by Gasteiger charge is -2.24. The molecule has 10 heteroatoms. The van der Waals surface area contributed by atoms with Gasteiger partial charge in [-0.05, 0) is 64.2 Å². The van der Waals surface area contributed by atoms with Gasteiger partial charge in [0, 0.05) is 12.8 Å². The van der Waals surface area contributed by atoms with Crippen molar-refractivity contribution < 1.29 is 42.1 Å². The number of rotatable bonds is 36. The van der Waals surface area contributed by atoms with E-state index in [1.54, 1.807) is 0 Å². The van der Waals surface area contributed by atoms with Gasteiger partial charge < -0.3 is 18.9 Å². The molecule has 0 aliphatic rings. The summed E-state index contributed by atoms with van der Waals surface area (Å²) in [7, 11) is 1.40. The van der Waals surface area contributed by atoms with E-state index < -0.39 is 32.5 Å². The van der Waals surface area contributed by atoms with E-state index in [-0.39, 0.29) is 26.1 Å². The van der Waals surface area contributed by atoms with E-state index in [2.05, 4.69) is 68.5 Å². The van der Waals surface area contributed by atoms with Crippen molar-refractivity contribution in [2.24, 2.45) is 0 Å². The molecular formula is C47H77NO8P+. The molecule has 1 N–H and O–H groups in total. The Morgan fingerprint density at radius 3 is 1.65 bits per heavy atom. The molecule has 0 radical (unpaired) electrons. The zero-order valence-corrected chi connectivity index (χ0v) is 36.9. The quantitative estimate of drug-likeness (QED) is 0.0166. The molecule has 0 bridgehead atoms. The van der Waals surface area contributed by atoms with Gasteiger partial charge in [-0.15, -0.1) is 0 Å². The number of phosphoric acid groups is 1. The number of hydrogen-bond acceptors (Lipinski definition) is 7. The zero-order valence-electron chi connectivity index (χ0n) is 36.0. The molecule has 0 saturated carbocycles. The van der Waals surface area contributed by atoms with Crippen molar-refractivity contribution in [2.75, 3.05) is 47.5 Å². The van der Waals surface area contributed by atoms with Crippen LogP contribution in [-0.2, 0) is 32.7 Å². The van der Waals surface area contributed by atoms with Crippen LogP contribution in [0.5, 0.6) is 0 Å². The summed E-state index contributed by atoms with van der Waals surface area (Å²) in [6.07, 6.45) is 51.5. The number of likely N-dealkylation sites (N-methyl/N-ethyl adjacent to an activating group) is 1. The summed E-state index contributed by atoms with van der Waals surface area (Å²) in [4.78, 5) is 35.3. The van der Waals surface area contributed by atoms with Gasteiger partial charge in [0.25, 0.3) is 0 Å². The highest BCUT2D eigenvalue weighted by Crippen LogP contribution is 2.43. The maximum atomic E-state index is 12.6. The summed E-state index contributed by atoms with van der Waals surface area (Å²) in [6.45, 7) is 4.02. The number of quaternary nitrogens is 1. The minimum Gasteiger partial charge on any atom is -0.462 e. The third kappa shape index (κ3) is 42.1. The maximum absolute atomic E-state index is 12.6. The topological polar surface area (TPSA) is 108 Å². The SMILES string of the molecule is CC/C=C/C=C/C=C/C=C/C=C/CCCC(=O)OC(COC(=O)CCCCCCCCC/C=C/C/C=C/C/C=C/C/C=C/CC)COP(=O)(O)OCC[N+](C)(C)C. The molecule has 0 fully saturated rings. The summed E-state index contributed by atoms with van der Waals surface area (Å²) in [5.74, 6) is -0.912. The maximum Gasteiger partial charge on any atom is 0.472 e. The van der Waals surface area contributed by atoms with Crippen molar-refractivity contribution in [3.63, 3.8) is 0 Å². The second-order valence-electron chi connectivity index (χ2n) is 14.7. The molecule has 2 atom stereocenters. The van der Waals surface area contributed by atoms with Gasteiger partial charge in [0.05, 0.1) is 27.7 Å². The van der Waals surface area contributed by atoms with Crippen LogP contribution in [0.15, 0.2) is 109 Å². The average Bonchev–Trinajstić information content (AvgIpc) is 3.16. The largest absolute Gasteiger partial charge is 0.472 e. The van der Waals surface area contributed by atoms with Crippen LogP contribution in [0.1, 0.15) is 123 Å². The van der Waals surface area contributed by atoms with Crippen LogP contribution in [0.25, 0.3) is 0 Å². The third-order valence-corrected chi connectivity index (χ3v) is 9.16. The molecule has 57 heavy (non-hydrogen) atoms. The van der Waals surface area contributed by atoms with E-state index >= 15 is 0 Å². The first-order valence-electron chi connectivity index (χ1n) is 21.2. The molecule has 9 nitrogen and oxygen atoms in total. The summed E-state index contributed by atoms with van der Waals surface area (Å²) in [6, 6.07) is 0. The molecule has 0 rings (SSSR count). The van der Waals surface area contributed by atoms with Crippen LogP contribution in [0.4, 0.5) is 0 Å². The van der Waals surface area contributed by atoms with Gasteiger partial charge in [-0.3, -0.25) is 18.6 Å². The molecule has 0 spiro atoms. The number of carbonyl (C=O) groups is 2. The van der Waals surface area contributed by atoms with Crippen molar-refractivity contribution in [3.8, 4) is 0 Å². The normalized spacial score (nSPS) is 14.7. The lowest BCUT2D eigenvalue weighted by Crippen LogP contribution is -2.37. The molecule has 0 saturated heterocycles. The standard InChI is InChI=1S/C47H76NO8P/c1-6-8-10-12-14-16-18-20-21-22-23-24-25-26-28-29-31-33-35-37-39-46(49)53-43-45(44-55-57(51,52)54-42-41-48(3,4)5)56-47(50)40-38-36-34-32-30-27-19-17-15-13-11-9-7-2/h8-11,13-17,19-21,23-24,27,30,32,34,45H,6-7,12,18,22,25-26,28-29,31,33,35-44H2,1-5H3/p+1/b10-8+,11-9+,15-13+,16-14+,19-17+,21-20+,24-23+,30-27+,34-32+. The zero-order chi connectivity index (χ0) is 42.1. The molecule has 0 aromatic carbocycles. The number of phosphoric ester groups is 1. The van der Waals surface area contributed by atoms with Crippen LogP contribution in [0.2, 0.25) is 0 Å². The summed E-state index contributed by atoms with van der Waals surface area (Å²) >= 11 is 0. The molecule has 0 heterocycles. The van der Waals surface area contributed by atoms with Gasteiger partial charge in [0.15, 0.2) is 6.10 Å². The van der Waals surface area contributed by atoms with Crippen molar-refractivity contribution in [3.05, 3.63) is 109 Å².